The molecule has 2 aliphatic carbocycles. The van der Waals surface area contributed by atoms with Crippen LogP contribution in [0.2, 0.25) is 0 Å². The second-order valence-electron chi connectivity index (χ2n) is 8.87. The number of hydrogen-bond donors (Lipinski definition) is 2. The minimum Gasteiger partial charge on any atom is -0.385 e. The highest BCUT2D eigenvalue weighted by Gasteiger charge is 2.33. The number of imidazole rings is 1. The van der Waals surface area contributed by atoms with E-state index in [0.717, 1.165) is 37.7 Å². The number of nitrogens with one attached hydrogen (secondary N) is 1. The van der Waals surface area contributed by atoms with Crippen molar-refractivity contribution in [3.8, 4) is 0 Å². The largest absolute Gasteiger partial charge is 0.385 e. The van der Waals surface area contributed by atoms with Gasteiger partial charge in [0, 0.05) is 6.04 Å². The van der Waals surface area contributed by atoms with E-state index in [1.54, 1.807) is 19.1 Å². The van der Waals surface area contributed by atoms with Gasteiger partial charge in [-0.25, -0.2) is 9.37 Å². The van der Waals surface area contributed by atoms with E-state index in [1.807, 2.05) is 34.9 Å². The molecule has 5 nitrogen and oxygen atoms in total. The van der Waals surface area contributed by atoms with Crippen molar-refractivity contribution in [2.24, 2.45) is 0 Å². The zero-order valence-electron chi connectivity index (χ0n) is 17.1. The molecule has 2 N–H and O–H groups in total. The number of carbonyl (C=O) groups is 1. The van der Waals surface area contributed by atoms with Crippen LogP contribution in [0.3, 0.4) is 0 Å². The standard InChI is InChI=1S/C24H26FN3O2/c1-24(30,16-6-3-2-4-7-16)14-20(29)27-23-26-19-13-12-18(15-10-11-15)21(25)22(19)28(23)17-8-5-9-17/h2-4,6-7,12-13,15,17,30H,5,8-11,14H2,1H3,(H,26,27,29)/t24-/m0/s1. The Hall–Kier alpha value is -2.73. The molecule has 6 heteroatoms. The minimum absolute atomic E-state index is 0.110. The number of rotatable bonds is 6. The van der Waals surface area contributed by atoms with Crippen molar-refractivity contribution in [2.45, 2.75) is 63.0 Å². The van der Waals surface area contributed by atoms with Crippen LogP contribution in [0.4, 0.5) is 10.3 Å². The van der Waals surface area contributed by atoms with Crippen molar-refractivity contribution in [1.29, 1.82) is 0 Å². The summed E-state index contributed by atoms with van der Waals surface area (Å²) in [4.78, 5) is 17.4. The molecule has 0 radical (unpaired) electrons. The summed E-state index contributed by atoms with van der Waals surface area (Å²) in [6.45, 7) is 1.62. The SMILES string of the molecule is C[C@](O)(CC(=O)Nc1nc2ccc(C3CC3)c(F)c2n1C1CCC1)c1ccccc1. The molecular formula is C24H26FN3O2. The highest BCUT2D eigenvalue weighted by Crippen LogP contribution is 2.44. The third-order valence-electron chi connectivity index (χ3n) is 6.43. The summed E-state index contributed by atoms with van der Waals surface area (Å²) in [5.74, 6) is 0.127. The molecule has 3 aromatic rings. The fraction of sp³-hybridized carbons (Fsp3) is 0.417. The molecular weight excluding hydrogens is 381 g/mol. The van der Waals surface area contributed by atoms with Crippen LogP contribution in [0, 0.1) is 5.82 Å². The zero-order chi connectivity index (χ0) is 20.9. The summed E-state index contributed by atoms with van der Waals surface area (Å²) >= 11 is 0. The minimum atomic E-state index is -1.30. The van der Waals surface area contributed by atoms with E-state index in [2.05, 4.69) is 10.3 Å². The first-order valence-electron chi connectivity index (χ1n) is 10.7. The Balaban J connectivity index is 1.46. The first kappa shape index (κ1) is 19.2. The van der Waals surface area contributed by atoms with E-state index in [9.17, 15) is 9.90 Å². The lowest BCUT2D eigenvalue weighted by molar-refractivity contribution is -0.120. The molecule has 2 saturated carbocycles. The summed E-state index contributed by atoms with van der Waals surface area (Å²) in [5, 5.41) is 13.7. The number of fused-ring (bicyclic) bond motifs is 1. The lowest BCUT2D eigenvalue weighted by Crippen LogP contribution is -2.30. The zero-order valence-corrected chi connectivity index (χ0v) is 17.1. The Morgan fingerprint density at radius 3 is 2.57 bits per heavy atom. The smallest absolute Gasteiger partial charge is 0.229 e. The van der Waals surface area contributed by atoms with E-state index in [1.165, 1.54) is 0 Å². The van der Waals surface area contributed by atoms with Crippen LogP contribution in [0.5, 0.6) is 0 Å². The van der Waals surface area contributed by atoms with Crippen molar-refractivity contribution in [1.82, 2.24) is 9.55 Å². The molecule has 2 fully saturated rings. The third kappa shape index (κ3) is 3.39. The molecule has 156 valence electrons. The third-order valence-corrected chi connectivity index (χ3v) is 6.43. The fourth-order valence-corrected chi connectivity index (χ4v) is 4.34. The molecule has 2 aromatic carbocycles. The van der Waals surface area contributed by atoms with E-state index in [0.29, 0.717) is 28.5 Å². The lowest BCUT2D eigenvalue weighted by atomic mass is 9.92. The van der Waals surface area contributed by atoms with Crippen LogP contribution < -0.4 is 5.32 Å². The highest BCUT2D eigenvalue weighted by molar-refractivity contribution is 5.92. The average Bonchev–Trinajstić information content (AvgIpc) is 3.45. The van der Waals surface area contributed by atoms with Gasteiger partial charge in [-0.1, -0.05) is 36.4 Å². The fourth-order valence-electron chi connectivity index (χ4n) is 4.34. The topological polar surface area (TPSA) is 67.2 Å². The van der Waals surface area contributed by atoms with Crippen LogP contribution in [0.15, 0.2) is 42.5 Å². The first-order chi connectivity index (χ1) is 14.4. The number of benzene rings is 2. The Kier molecular flexibility index (Phi) is 4.62. The van der Waals surface area contributed by atoms with Crippen LogP contribution >= 0.6 is 0 Å². The molecule has 0 saturated heterocycles. The van der Waals surface area contributed by atoms with Gasteiger partial charge in [-0.15, -0.1) is 0 Å². The van der Waals surface area contributed by atoms with Crippen LogP contribution in [0.1, 0.15) is 68.5 Å². The Morgan fingerprint density at radius 1 is 1.20 bits per heavy atom. The number of halogens is 1. The summed E-state index contributed by atoms with van der Waals surface area (Å²) in [6, 6.07) is 13.0. The Labute approximate surface area is 174 Å². The van der Waals surface area contributed by atoms with Crippen molar-refractivity contribution in [3.63, 3.8) is 0 Å². The van der Waals surface area contributed by atoms with Gasteiger partial charge in [0.05, 0.1) is 17.5 Å². The molecule has 0 spiro atoms. The number of hydrogen-bond acceptors (Lipinski definition) is 3. The molecule has 30 heavy (non-hydrogen) atoms. The maximum Gasteiger partial charge on any atom is 0.229 e. The number of nitrogens with zero attached hydrogens (tertiary/aromatic N) is 2. The number of anilines is 1. The van der Waals surface area contributed by atoms with Gasteiger partial charge in [-0.05, 0) is 62.1 Å². The molecule has 1 aromatic heterocycles. The molecule has 5 rings (SSSR count). The van der Waals surface area contributed by atoms with Gasteiger partial charge in [0.2, 0.25) is 11.9 Å². The normalized spacial score (nSPS) is 18.8. The van der Waals surface area contributed by atoms with E-state index in [4.69, 9.17) is 0 Å². The van der Waals surface area contributed by atoms with Crippen molar-refractivity contribution in [2.75, 3.05) is 5.32 Å². The summed E-state index contributed by atoms with van der Waals surface area (Å²) < 4.78 is 17.2. The van der Waals surface area contributed by atoms with E-state index < -0.39 is 5.60 Å². The van der Waals surface area contributed by atoms with Gasteiger partial charge in [0.1, 0.15) is 5.52 Å². The summed E-state index contributed by atoms with van der Waals surface area (Å²) in [6.07, 6.45) is 4.92. The van der Waals surface area contributed by atoms with E-state index in [-0.39, 0.29) is 24.2 Å². The first-order valence-corrected chi connectivity index (χ1v) is 10.7. The number of aliphatic hydroxyl groups is 1. The highest BCUT2D eigenvalue weighted by atomic mass is 19.1. The predicted octanol–water partition coefficient (Wildman–Crippen LogP) is 5.01. The van der Waals surface area contributed by atoms with Crippen LogP contribution in [0.25, 0.3) is 11.0 Å². The molecule has 1 atom stereocenters. The number of aromatic nitrogens is 2. The van der Waals surface area contributed by atoms with Gasteiger partial charge < -0.3 is 9.67 Å². The van der Waals surface area contributed by atoms with Crippen molar-refractivity contribution < 1.29 is 14.3 Å². The molecule has 2 aliphatic rings. The Bertz CT molecular complexity index is 1100. The molecule has 1 amide bonds. The molecule has 0 unspecified atom stereocenters. The summed E-state index contributed by atoms with van der Waals surface area (Å²) in [5.41, 5.74) is 1.19. The molecule has 0 aliphatic heterocycles. The van der Waals surface area contributed by atoms with Gasteiger partial charge in [-0.2, -0.15) is 0 Å². The van der Waals surface area contributed by atoms with Gasteiger partial charge in [0.25, 0.3) is 0 Å². The van der Waals surface area contributed by atoms with Crippen LogP contribution in [-0.4, -0.2) is 20.6 Å². The molecule has 1 heterocycles. The molecule has 0 bridgehead atoms. The quantitative estimate of drug-likeness (QED) is 0.603. The lowest BCUT2D eigenvalue weighted by Gasteiger charge is -2.29. The monoisotopic (exact) mass is 407 g/mol. The second-order valence-corrected chi connectivity index (χ2v) is 8.87. The van der Waals surface area contributed by atoms with Gasteiger partial charge in [-0.3, -0.25) is 10.1 Å². The summed E-state index contributed by atoms with van der Waals surface area (Å²) in [7, 11) is 0. The maximum absolute atomic E-state index is 15.4. The van der Waals surface area contributed by atoms with Crippen LogP contribution in [-0.2, 0) is 10.4 Å². The Morgan fingerprint density at radius 2 is 1.93 bits per heavy atom. The predicted molar refractivity (Wildman–Crippen MR) is 114 cm³/mol. The van der Waals surface area contributed by atoms with Gasteiger partial charge >= 0.3 is 0 Å². The van der Waals surface area contributed by atoms with Crippen molar-refractivity contribution >= 4 is 22.9 Å². The maximum atomic E-state index is 15.4. The average molecular weight is 407 g/mol. The number of carbonyl (C=O) groups excluding carboxylic acids is 1. The second kappa shape index (κ2) is 7.20. The van der Waals surface area contributed by atoms with E-state index >= 15 is 4.39 Å². The number of amides is 1. The van der Waals surface area contributed by atoms with Crippen molar-refractivity contribution in [3.05, 3.63) is 59.4 Å². The van der Waals surface area contributed by atoms with Gasteiger partial charge in [0.15, 0.2) is 5.82 Å².